The molecule has 0 fully saturated rings. The lowest BCUT2D eigenvalue weighted by Gasteiger charge is -2.26. The van der Waals surface area contributed by atoms with Gasteiger partial charge >= 0.3 is 0 Å². The topological polar surface area (TPSA) is 75.3 Å². The van der Waals surface area contributed by atoms with Gasteiger partial charge in [0.15, 0.2) is 0 Å². The summed E-state index contributed by atoms with van der Waals surface area (Å²) >= 11 is 0. The summed E-state index contributed by atoms with van der Waals surface area (Å²) in [7, 11) is -3.79. The Morgan fingerprint density at radius 3 is 2.53 bits per heavy atom. The van der Waals surface area contributed by atoms with Gasteiger partial charge < -0.3 is 5.32 Å². The first-order valence-electron chi connectivity index (χ1n) is 10.0. The summed E-state index contributed by atoms with van der Waals surface area (Å²) < 4.78 is 28.1. The zero-order valence-corrected chi connectivity index (χ0v) is 17.6. The second-order valence-electron chi connectivity index (χ2n) is 7.62. The van der Waals surface area contributed by atoms with Gasteiger partial charge in [0.25, 0.3) is 15.9 Å². The fourth-order valence-corrected chi connectivity index (χ4v) is 4.89. The van der Waals surface area contributed by atoms with Crippen molar-refractivity contribution in [3.05, 3.63) is 95.1 Å². The lowest BCUT2D eigenvalue weighted by Crippen LogP contribution is -2.31. The monoisotopic (exact) mass is 420 g/mol. The first-order chi connectivity index (χ1) is 14.4. The second-order valence-corrected chi connectivity index (χ2v) is 9.30. The first kappa shape index (κ1) is 20.2. The number of hydrogen-bond donors (Lipinski definition) is 2. The minimum absolute atomic E-state index is 0.0553. The van der Waals surface area contributed by atoms with Crippen LogP contribution in [0.4, 0.5) is 5.69 Å². The maximum absolute atomic E-state index is 12.9. The smallest absolute Gasteiger partial charge is 0.261 e. The van der Waals surface area contributed by atoms with Crippen molar-refractivity contribution >= 4 is 21.6 Å². The standard InChI is InChI=1S/C24H24N2O3S/c1-17-12-14-20(15-13-17)26-30(28,29)21-9-4-8-19(16-21)24(27)25-23-11-5-7-18-6-2-3-10-22(18)23/h2-4,6,8-10,12-16,23,26H,5,7,11H2,1H3,(H,25,27)/t23-/m1/s1. The molecule has 1 aliphatic carbocycles. The average molecular weight is 421 g/mol. The fourth-order valence-electron chi connectivity index (χ4n) is 3.79. The second kappa shape index (κ2) is 8.32. The third-order valence-corrected chi connectivity index (χ3v) is 6.76. The number of aryl methyl sites for hydroxylation is 2. The van der Waals surface area contributed by atoms with Crippen molar-refractivity contribution in [2.45, 2.75) is 37.1 Å². The van der Waals surface area contributed by atoms with E-state index in [1.165, 1.54) is 17.7 Å². The van der Waals surface area contributed by atoms with Crippen LogP contribution in [-0.2, 0) is 16.4 Å². The largest absolute Gasteiger partial charge is 0.345 e. The summed E-state index contributed by atoms with van der Waals surface area (Å²) in [5.74, 6) is -0.274. The summed E-state index contributed by atoms with van der Waals surface area (Å²) in [5.41, 5.74) is 4.24. The SMILES string of the molecule is Cc1ccc(NS(=O)(=O)c2cccc(C(=O)N[C@@H]3CCCc4ccccc43)c2)cc1. The van der Waals surface area contributed by atoms with Gasteiger partial charge in [-0.15, -0.1) is 0 Å². The van der Waals surface area contributed by atoms with E-state index in [0.717, 1.165) is 30.4 Å². The normalized spacial score (nSPS) is 15.8. The lowest BCUT2D eigenvalue weighted by molar-refractivity contribution is 0.0932. The molecule has 0 aliphatic heterocycles. The van der Waals surface area contributed by atoms with Crippen LogP contribution in [0.2, 0.25) is 0 Å². The molecule has 154 valence electrons. The van der Waals surface area contributed by atoms with Gasteiger partial charge in [0.1, 0.15) is 0 Å². The Bertz CT molecular complexity index is 1170. The molecular formula is C24H24N2O3S. The van der Waals surface area contributed by atoms with E-state index in [0.29, 0.717) is 11.3 Å². The van der Waals surface area contributed by atoms with Crippen LogP contribution in [0.5, 0.6) is 0 Å². The maximum atomic E-state index is 12.9. The van der Waals surface area contributed by atoms with Crippen LogP contribution in [0.3, 0.4) is 0 Å². The molecule has 2 N–H and O–H groups in total. The third-order valence-electron chi connectivity index (χ3n) is 5.39. The Morgan fingerprint density at radius 1 is 0.967 bits per heavy atom. The fraction of sp³-hybridized carbons (Fsp3) is 0.208. The van der Waals surface area contributed by atoms with Gasteiger partial charge in [-0.05, 0) is 67.6 Å². The molecule has 0 unspecified atom stereocenters. The molecule has 0 aromatic heterocycles. The van der Waals surface area contributed by atoms with Crippen molar-refractivity contribution in [2.75, 3.05) is 4.72 Å². The van der Waals surface area contributed by atoms with Gasteiger partial charge in [-0.3, -0.25) is 9.52 Å². The molecule has 0 spiro atoms. The molecule has 1 atom stereocenters. The molecule has 3 aromatic rings. The van der Waals surface area contributed by atoms with Gasteiger partial charge in [0.05, 0.1) is 10.9 Å². The zero-order valence-electron chi connectivity index (χ0n) is 16.8. The molecule has 1 amide bonds. The lowest BCUT2D eigenvalue weighted by atomic mass is 9.87. The Labute approximate surface area is 177 Å². The molecule has 0 radical (unpaired) electrons. The van der Waals surface area contributed by atoms with Crippen molar-refractivity contribution in [3.63, 3.8) is 0 Å². The molecule has 0 bridgehead atoms. The molecule has 0 heterocycles. The van der Waals surface area contributed by atoms with Gasteiger partial charge in [-0.2, -0.15) is 0 Å². The van der Waals surface area contributed by atoms with E-state index in [-0.39, 0.29) is 16.8 Å². The average Bonchev–Trinajstić information content (AvgIpc) is 2.75. The Kier molecular flexibility index (Phi) is 5.59. The minimum atomic E-state index is -3.79. The molecule has 30 heavy (non-hydrogen) atoms. The number of nitrogens with one attached hydrogen (secondary N) is 2. The molecule has 0 saturated heterocycles. The Balaban J connectivity index is 1.53. The van der Waals surface area contributed by atoms with Crippen LogP contribution in [0.15, 0.2) is 77.7 Å². The molecule has 0 saturated carbocycles. The predicted octanol–water partition coefficient (Wildman–Crippen LogP) is 4.60. The highest BCUT2D eigenvalue weighted by Gasteiger charge is 2.23. The predicted molar refractivity (Wildman–Crippen MR) is 118 cm³/mol. The molecular weight excluding hydrogens is 396 g/mol. The highest BCUT2D eigenvalue weighted by Crippen LogP contribution is 2.29. The van der Waals surface area contributed by atoms with Gasteiger partial charge in [0, 0.05) is 11.3 Å². The number of rotatable bonds is 5. The van der Waals surface area contributed by atoms with Crippen molar-refractivity contribution in [2.24, 2.45) is 0 Å². The number of hydrogen-bond acceptors (Lipinski definition) is 3. The van der Waals surface area contributed by atoms with Crippen molar-refractivity contribution < 1.29 is 13.2 Å². The molecule has 1 aliphatic rings. The van der Waals surface area contributed by atoms with E-state index in [2.05, 4.69) is 16.1 Å². The highest BCUT2D eigenvalue weighted by atomic mass is 32.2. The number of amides is 1. The number of benzene rings is 3. The summed E-state index contributed by atoms with van der Waals surface area (Å²) in [6, 6.07) is 21.3. The number of anilines is 1. The highest BCUT2D eigenvalue weighted by molar-refractivity contribution is 7.92. The van der Waals surface area contributed by atoms with Crippen LogP contribution in [0.25, 0.3) is 0 Å². The summed E-state index contributed by atoms with van der Waals surface area (Å²) in [5, 5.41) is 3.07. The van der Waals surface area contributed by atoms with Crippen molar-refractivity contribution in [1.29, 1.82) is 0 Å². The molecule has 3 aromatic carbocycles. The van der Waals surface area contributed by atoms with Crippen LogP contribution in [0.1, 0.15) is 45.9 Å². The van der Waals surface area contributed by atoms with Crippen LogP contribution >= 0.6 is 0 Å². The van der Waals surface area contributed by atoms with E-state index >= 15 is 0 Å². The minimum Gasteiger partial charge on any atom is -0.345 e. The third kappa shape index (κ3) is 4.39. The number of sulfonamides is 1. The van der Waals surface area contributed by atoms with E-state index in [1.54, 1.807) is 24.3 Å². The first-order valence-corrected chi connectivity index (χ1v) is 11.5. The maximum Gasteiger partial charge on any atom is 0.261 e. The molecule has 4 rings (SSSR count). The zero-order chi connectivity index (χ0) is 21.1. The number of carbonyl (C=O) groups is 1. The van der Waals surface area contributed by atoms with Crippen molar-refractivity contribution in [3.8, 4) is 0 Å². The number of fused-ring (bicyclic) bond motifs is 1. The van der Waals surface area contributed by atoms with E-state index < -0.39 is 10.0 Å². The van der Waals surface area contributed by atoms with E-state index in [9.17, 15) is 13.2 Å². The van der Waals surface area contributed by atoms with E-state index in [4.69, 9.17) is 0 Å². The number of carbonyl (C=O) groups excluding carboxylic acids is 1. The van der Waals surface area contributed by atoms with Gasteiger partial charge in [0.2, 0.25) is 0 Å². The summed E-state index contributed by atoms with van der Waals surface area (Å²) in [4.78, 5) is 12.9. The summed E-state index contributed by atoms with van der Waals surface area (Å²) in [6.07, 6.45) is 2.90. The van der Waals surface area contributed by atoms with Crippen LogP contribution in [0, 0.1) is 6.92 Å². The van der Waals surface area contributed by atoms with Gasteiger partial charge in [-0.1, -0.05) is 48.0 Å². The van der Waals surface area contributed by atoms with Crippen LogP contribution < -0.4 is 10.0 Å². The van der Waals surface area contributed by atoms with Crippen molar-refractivity contribution in [1.82, 2.24) is 5.32 Å². The molecule has 5 nitrogen and oxygen atoms in total. The van der Waals surface area contributed by atoms with E-state index in [1.807, 2.05) is 37.3 Å². The Hall–Kier alpha value is -3.12. The van der Waals surface area contributed by atoms with Gasteiger partial charge in [-0.25, -0.2) is 8.42 Å². The summed E-state index contributed by atoms with van der Waals surface area (Å²) in [6.45, 7) is 1.94. The quantitative estimate of drug-likeness (QED) is 0.633. The van der Waals surface area contributed by atoms with Crippen LogP contribution in [-0.4, -0.2) is 14.3 Å². The Morgan fingerprint density at radius 2 is 1.73 bits per heavy atom. The molecule has 6 heteroatoms.